The van der Waals surface area contributed by atoms with Crippen molar-refractivity contribution < 1.29 is 14.4 Å². The van der Waals surface area contributed by atoms with E-state index in [0.29, 0.717) is 16.9 Å². The van der Waals surface area contributed by atoms with Crippen molar-refractivity contribution in [3.8, 4) is 11.3 Å². The molecular formula is C21H16N4O3. The van der Waals surface area contributed by atoms with Crippen LogP contribution < -0.4 is 5.32 Å². The molecule has 0 unspecified atom stereocenters. The lowest BCUT2D eigenvalue weighted by Crippen LogP contribution is -2.34. The molecule has 2 N–H and O–H groups in total. The van der Waals surface area contributed by atoms with Gasteiger partial charge in [-0.3, -0.25) is 24.4 Å². The largest absolute Gasteiger partial charge is 0.345 e. The van der Waals surface area contributed by atoms with E-state index < -0.39 is 11.8 Å². The first kappa shape index (κ1) is 17.4. The number of aromatic nitrogens is 2. The molecule has 0 saturated heterocycles. The average molecular weight is 372 g/mol. The number of hydrogen-bond donors (Lipinski definition) is 2. The molecule has 2 aromatic carbocycles. The van der Waals surface area contributed by atoms with Gasteiger partial charge in [-0.05, 0) is 23.8 Å². The third kappa shape index (κ3) is 3.33. The fourth-order valence-corrected chi connectivity index (χ4v) is 2.97. The summed E-state index contributed by atoms with van der Waals surface area (Å²) in [4.78, 5) is 37.7. The Morgan fingerprint density at radius 1 is 1.00 bits per heavy atom. The Labute approximate surface area is 160 Å². The lowest BCUT2D eigenvalue weighted by Gasteiger charge is -2.10. The minimum Gasteiger partial charge on any atom is -0.345 e. The Bertz CT molecular complexity index is 1050. The minimum atomic E-state index is -0.449. The van der Waals surface area contributed by atoms with Crippen molar-refractivity contribution in [2.45, 2.75) is 0 Å². The van der Waals surface area contributed by atoms with Crippen molar-refractivity contribution in [1.29, 1.82) is 0 Å². The number of rotatable bonds is 6. The average Bonchev–Trinajstić information content (AvgIpc) is 3.28. The first-order chi connectivity index (χ1) is 13.6. The van der Waals surface area contributed by atoms with Crippen LogP contribution in [-0.2, 0) is 4.79 Å². The van der Waals surface area contributed by atoms with Gasteiger partial charge in [0.1, 0.15) is 0 Å². The van der Waals surface area contributed by atoms with Crippen molar-refractivity contribution >= 4 is 23.4 Å². The van der Waals surface area contributed by atoms with Gasteiger partial charge in [0.15, 0.2) is 11.6 Å². The monoisotopic (exact) mass is 372 g/mol. The van der Waals surface area contributed by atoms with Crippen LogP contribution in [0.1, 0.15) is 20.7 Å². The quantitative estimate of drug-likeness (QED) is 0.512. The highest BCUT2D eigenvalue weighted by Crippen LogP contribution is 2.22. The lowest BCUT2D eigenvalue weighted by atomic mass is 10.1. The summed E-state index contributed by atoms with van der Waals surface area (Å²) in [5.41, 5.74) is 2.49. The first-order valence-electron chi connectivity index (χ1n) is 8.65. The van der Waals surface area contributed by atoms with Crippen molar-refractivity contribution in [1.82, 2.24) is 15.1 Å². The molecule has 1 aliphatic heterocycles. The predicted octanol–water partition coefficient (Wildman–Crippen LogP) is 2.87. The van der Waals surface area contributed by atoms with Crippen molar-refractivity contribution in [3.05, 3.63) is 84.1 Å². The summed E-state index contributed by atoms with van der Waals surface area (Å²) in [6.45, 7) is -0.305. The fraction of sp³-hybridized carbons (Fsp3) is 0.0476. The lowest BCUT2D eigenvalue weighted by molar-refractivity contribution is -0.114. The van der Waals surface area contributed by atoms with Crippen LogP contribution in [0.25, 0.3) is 11.3 Å². The fourth-order valence-electron chi connectivity index (χ4n) is 2.97. The number of hydrogen-bond acceptors (Lipinski definition) is 5. The highest BCUT2D eigenvalue weighted by Gasteiger charge is 2.35. The molecule has 1 aliphatic rings. The Kier molecular flexibility index (Phi) is 4.55. The second-order valence-corrected chi connectivity index (χ2v) is 6.22. The standard InChI is InChI=1S/C21H16N4O3/c26-15(13-25-20(27)16-8-4-5-9-17(16)21(25)28)10-11-22-19-12-18(23-24-19)14-6-2-1-3-7-14/h1-12H,13H2,(H2,22,23,24)/b11-10+. The number of H-pyrrole nitrogens is 1. The summed E-state index contributed by atoms with van der Waals surface area (Å²) in [6, 6.07) is 18.1. The molecule has 0 saturated carbocycles. The van der Waals surface area contributed by atoms with E-state index in [1.165, 1.54) is 12.3 Å². The maximum absolute atomic E-state index is 12.3. The molecule has 0 aliphatic carbocycles. The molecule has 1 aromatic heterocycles. The van der Waals surface area contributed by atoms with E-state index in [0.717, 1.165) is 16.2 Å². The van der Waals surface area contributed by atoms with Gasteiger partial charge in [-0.15, -0.1) is 0 Å². The molecule has 2 amide bonds. The zero-order valence-electron chi connectivity index (χ0n) is 14.8. The van der Waals surface area contributed by atoms with E-state index >= 15 is 0 Å². The number of fused-ring (bicyclic) bond motifs is 1. The number of imide groups is 1. The van der Waals surface area contributed by atoms with E-state index in [1.54, 1.807) is 24.3 Å². The molecule has 2 heterocycles. The second-order valence-electron chi connectivity index (χ2n) is 6.22. The summed E-state index contributed by atoms with van der Waals surface area (Å²) in [6.07, 6.45) is 2.71. The molecule has 7 heteroatoms. The van der Waals surface area contributed by atoms with Gasteiger partial charge in [-0.25, -0.2) is 0 Å². The number of nitrogens with zero attached hydrogens (tertiary/aromatic N) is 2. The molecule has 138 valence electrons. The minimum absolute atomic E-state index is 0.305. The number of benzene rings is 2. The van der Waals surface area contributed by atoms with Gasteiger partial charge in [0.2, 0.25) is 0 Å². The summed E-state index contributed by atoms with van der Waals surface area (Å²) in [5.74, 6) is -0.727. The molecule has 0 spiro atoms. The second kappa shape index (κ2) is 7.32. The van der Waals surface area contributed by atoms with E-state index in [2.05, 4.69) is 15.5 Å². The summed E-state index contributed by atoms with van der Waals surface area (Å²) < 4.78 is 0. The van der Waals surface area contributed by atoms with E-state index in [1.807, 2.05) is 36.4 Å². The molecule has 0 bridgehead atoms. The van der Waals surface area contributed by atoms with Gasteiger partial charge in [0.05, 0.1) is 23.4 Å². The number of nitrogens with one attached hydrogen (secondary N) is 2. The zero-order valence-corrected chi connectivity index (χ0v) is 14.8. The number of carbonyl (C=O) groups excluding carboxylic acids is 3. The molecule has 0 atom stereocenters. The van der Waals surface area contributed by atoms with Crippen LogP contribution >= 0.6 is 0 Å². The smallest absolute Gasteiger partial charge is 0.261 e. The molecule has 28 heavy (non-hydrogen) atoms. The van der Waals surface area contributed by atoms with Crippen LogP contribution in [0.4, 0.5) is 5.82 Å². The first-order valence-corrected chi connectivity index (χ1v) is 8.65. The Balaban J connectivity index is 1.36. The van der Waals surface area contributed by atoms with Crippen LogP contribution in [-0.4, -0.2) is 39.2 Å². The van der Waals surface area contributed by atoms with Gasteiger partial charge in [-0.1, -0.05) is 42.5 Å². The van der Waals surface area contributed by atoms with Crippen molar-refractivity contribution in [3.63, 3.8) is 0 Å². The molecule has 0 radical (unpaired) electrons. The Morgan fingerprint density at radius 3 is 2.32 bits per heavy atom. The number of anilines is 1. The van der Waals surface area contributed by atoms with E-state index in [4.69, 9.17) is 0 Å². The highest BCUT2D eigenvalue weighted by atomic mass is 16.2. The zero-order chi connectivity index (χ0) is 19.5. The number of carbonyl (C=O) groups is 3. The predicted molar refractivity (Wildman–Crippen MR) is 104 cm³/mol. The van der Waals surface area contributed by atoms with Crippen molar-refractivity contribution in [2.24, 2.45) is 0 Å². The van der Waals surface area contributed by atoms with Crippen LogP contribution in [0.15, 0.2) is 72.9 Å². The molecular weight excluding hydrogens is 356 g/mol. The number of ketones is 1. The molecule has 0 fully saturated rings. The van der Waals surface area contributed by atoms with Crippen LogP contribution in [0.3, 0.4) is 0 Å². The Hall–Kier alpha value is -4.00. The summed E-state index contributed by atoms with van der Waals surface area (Å²) in [7, 11) is 0. The summed E-state index contributed by atoms with van der Waals surface area (Å²) in [5, 5.41) is 9.94. The number of aromatic amines is 1. The van der Waals surface area contributed by atoms with Gasteiger partial charge in [-0.2, -0.15) is 5.10 Å². The van der Waals surface area contributed by atoms with Gasteiger partial charge in [0.25, 0.3) is 11.8 Å². The topological polar surface area (TPSA) is 95.2 Å². The maximum atomic E-state index is 12.3. The van der Waals surface area contributed by atoms with Crippen molar-refractivity contribution in [2.75, 3.05) is 11.9 Å². The third-order valence-corrected chi connectivity index (χ3v) is 4.36. The van der Waals surface area contributed by atoms with Crippen LogP contribution in [0, 0.1) is 0 Å². The summed E-state index contributed by atoms with van der Waals surface area (Å²) >= 11 is 0. The molecule has 3 aromatic rings. The normalized spacial score (nSPS) is 13.2. The van der Waals surface area contributed by atoms with Gasteiger partial charge < -0.3 is 5.32 Å². The van der Waals surface area contributed by atoms with E-state index in [9.17, 15) is 14.4 Å². The SMILES string of the molecule is O=C(/C=C/Nc1cc(-c2ccccc2)[nH]n1)CN1C(=O)c2ccccc2C1=O. The van der Waals surface area contributed by atoms with Crippen LogP contribution in [0.2, 0.25) is 0 Å². The molecule has 4 rings (SSSR count). The molecule has 7 nitrogen and oxygen atoms in total. The third-order valence-electron chi connectivity index (χ3n) is 4.36. The maximum Gasteiger partial charge on any atom is 0.261 e. The van der Waals surface area contributed by atoms with Gasteiger partial charge in [0, 0.05) is 12.3 Å². The Morgan fingerprint density at radius 2 is 1.64 bits per heavy atom. The highest BCUT2D eigenvalue weighted by molar-refractivity contribution is 6.22. The van der Waals surface area contributed by atoms with Crippen LogP contribution in [0.5, 0.6) is 0 Å². The van der Waals surface area contributed by atoms with Gasteiger partial charge >= 0.3 is 0 Å². The van der Waals surface area contributed by atoms with E-state index in [-0.39, 0.29) is 12.3 Å². The number of amides is 2.